The summed E-state index contributed by atoms with van der Waals surface area (Å²) in [4.78, 5) is 23.0. The third-order valence-corrected chi connectivity index (χ3v) is 6.58. The monoisotopic (exact) mass is 501 g/mol. The number of likely N-dealkylation sites (tertiary alicyclic amines) is 1. The summed E-state index contributed by atoms with van der Waals surface area (Å²) in [5, 5.41) is 4.07. The number of ether oxygens (including phenoxy) is 1. The fourth-order valence-corrected chi connectivity index (χ4v) is 4.68. The van der Waals surface area contributed by atoms with E-state index in [2.05, 4.69) is 15.3 Å². The SMILES string of the molecule is COCC(=O)N1CCC(c2ccc3nc(C)nc(N[C@H](C)c4cc(N)cc(C(F)(F)F)c4)c3c2)CC1. The molecule has 0 unspecified atom stereocenters. The molecule has 1 aliphatic heterocycles. The summed E-state index contributed by atoms with van der Waals surface area (Å²) < 4.78 is 44.9. The first-order chi connectivity index (χ1) is 17.0. The van der Waals surface area contributed by atoms with Crippen molar-refractivity contribution >= 4 is 28.3 Å². The van der Waals surface area contributed by atoms with E-state index in [0.29, 0.717) is 30.3 Å². The molecule has 7 nitrogen and oxygen atoms in total. The number of halogens is 3. The lowest BCUT2D eigenvalue weighted by Gasteiger charge is -2.32. The number of rotatable bonds is 6. The van der Waals surface area contributed by atoms with E-state index in [-0.39, 0.29) is 24.1 Å². The molecule has 1 fully saturated rings. The molecule has 0 bridgehead atoms. The van der Waals surface area contributed by atoms with E-state index in [1.54, 1.807) is 13.8 Å². The van der Waals surface area contributed by atoms with Crippen molar-refractivity contribution in [2.24, 2.45) is 0 Å². The van der Waals surface area contributed by atoms with Crippen molar-refractivity contribution in [1.82, 2.24) is 14.9 Å². The number of fused-ring (bicyclic) bond motifs is 1. The molecule has 0 radical (unpaired) electrons. The van der Waals surface area contributed by atoms with Gasteiger partial charge in [0, 0.05) is 31.3 Å². The van der Waals surface area contributed by atoms with E-state index < -0.39 is 17.8 Å². The highest BCUT2D eigenvalue weighted by atomic mass is 19.4. The number of benzene rings is 2. The minimum Gasteiger partial charge on any atom is -0.399 e. The minimum atomic E-state index is -4.49. The Morgan fingerprint density at radius 1 is 1.19 bits per heavy atom. The molecule has 1 atom stereocenters. The molecule has 1 aromatic heterocycles. The Kier molecular flexibility index (Phi) is 7.35. The number of methoxy groups -OCH3 is 1. The first-order valence-corrected chi connectivity index (χ1v) is 11.8. The molecule has 10 heteroatoms. The maximum Gasteiger partial charge on any atom is 0.416 e. The summed E-state index contributed by atoms with van der Waals surface area (Å²) in [6.45, 7) is 4.96. The topological polar surface area (TPSA) is 93.4 Å². The number of aryl methyl sites for hydroxylation is 1. The number of nitrogen functional groups attached to an aromatic ring is 1. The largest absolute Gasteiger partial charge is 0.416 e. The van der Waals surface area contributed by atoms with E-state index in [1.165, 1.54) is 13.2 Å². The lowest BCUT2D eigenvalue weighted by atomic mass is 9.88. The van der Waals surface area contributed by atoms with Gasteiger partial charge in [-0.2, -0.15) is 13.2 Å². The molecular formula is C26H30F3N5O2. The molecule has 3 aromatic rings. The van der Waals surface area contributed by atoms with Gasteiger partial charge in [-0.15, -0.1) is 0 Å². The number of nitrogens with one attached hydrogen (secondary N) is 1. The van der Waals surface area contributed by atoms with Gasteiger partial charge in [-0.05, 0) is 74.1 Å². The van der Waals surface area contributed by atoms with Gasteiger partial charge >= 0.3 is 6.18 Å². The Balaban J connectivity index is 1.59. The number of hydrogen-bond acceptors (Lipinski definition) is 6. The van der Waals surface area contributed by atoms with Crippen molar-refractivity contribution in [2.45, 2.75) is 44.8 Å². The zero-order chi connectivity index (χ0) is 26.0. The van der Waals surface area contributed by atoms with Gasteiger partial charge in [-0.3, -0.25) is 4.79 Å². The van der Waals surface area contributed by atoms with Crippen LogP contribution in [0.4, 0.5) is 24.7 Å². The number of nitrogens with two attached hydrogens (primary N) is 1. The second-order valence-electron chi connectivity index (χ2n) is 9.24. The minimum absolute atomic E-state index is 0.00552. The van der Waals surface area contributed by atoms with Crippen LogP contribution in [-0.2, 0) is 15.7 Å². The third-order valence-electron chi connectivity index (χ3n) is 6.58. The highest BCUT2D eigenvalue weighted by Crippen LogP contribution is 2.35. The smallest absolute Gasteiger partial charge is 0.399 e. The number of carbonyl (C=O) groups is 1. The van der Waals surface area contributed by atoms with Crippen LogP contribution in [0.25, 0.3) is 10.9 Å². The first-order valence-electron chi connectivity index (χ1n) is 11.8. The van der Waals surface area contributed by atoms with Crippen LogP contribution < -0.4 is 11.1 Å². The Hall–Kier alpha value is -3.40. The van der Waals surface area contributed by atoms with Crippen molar-refractivity contribution < 1.29 is 22.7 Å². The molecular weight excluding hydrogens is 471 g/mol. The summed E-state index contributed by atoms with van der Waals surface area (Å²) in [5.41, 5.74) is 7.31. The molecule has 1 aliphatic rings. The average molecular weight is 502 g/mol. The van der Waals surface area contributed by atoms with Crippen molar-refractivity contribution in [3.8, 4) is 0 Å². The van der Waals surface area contributed by atoms with Crippen LogP contribution in [0.1, 0.15) is 54.2 Å². The number of amides is 1. The predicted octanol–water partition coefficient (Wildman–Crippen LogP) is 5.06. The van der Waals surface area contributed by atoms with Crippen LogP contribution >= 0.6 is 0 Å². The number of carbonyl (C=O) groups excluding carboxylic acids is 1. The predicted molar refractivity (Wildman–Crippen MR) is 133 cm³/mol. The number of nitrogens with zero attached hydrogens (tertiary/aromatic N) is 3. The molecule has 0 aliphatic carbocycles. The third kappa shape index (κ3) is 5.70. The molecule has 4 rings (SSSR count). The highest BCUT2D eigenvalue weighted by molar-refractivity contribution is 5.90. The van der Waals surface area contributed by atoms with Crippen LogP contribution in [0.2, 0.25) is 0 Å². The van der Waals surface area contributed by atoms with Crippen LogP contribution in [0.5, 0.6) is 0 Å². The molecule has 2 heterocycles. The maximum atomic E-state index is 13.3. The van der Waals surface area contributed by atoms with E-state index in [9.17, 15) is 18.0 Å². The lowest BCUT2D eigenvalue weighted by Crippen LogP contribution is -2.39. The van der Waals surface area contributed by atoms with Crippen molar-refractivity contribution in [3.05, 3.63) is 58.9 Å². The highest BCUT2D eigenvalue weighted by Gasteiger charge is 2.31. The molecule has 1 saturated heterocycles. The Bertz CT molecular complexity index is 1260. The molecule has 1 amide bonds. The van der Waals surface area contributed by atoms with Gasteiger partial charge in [0.1, 0.15) is 18.2 Å². The fraction of sp³-hybridized carbons (Fsp3) is 0.423. The molecule has 192 valence electrons. The van der Waals surface area contributed by atoms with Gasteiger partial charge in [-0.25, -0.2) is 9.97 Å². The zero-order valence-electron chi connectivity index (χ0n) is 20.5. The molecule has 0 saturated carbocycles. The molecule has 0 spiro atoms. The summed E-state index contributed by atoms with van der Waals surface area (Å²) >= 11 is 0. The van der Waals surface area contributed by atoms with E-state index >= 15 is 0 Å². The molecule has 36 heavy (non-hydrogen) atoms. The van der Waals surface area contributed by atoms with E-state index in [0.717, 1.165) is 41.4 Å². The van der Waals surface area contributed by atoms with Crippen molar-refractivity contribution in [2.75, 3.05) is 37.9 Å². The van der Waals surface area contributed by atoms with Crippen LogP contribution in [0.15, 0.2) is 36.4 Å². The number of anilines is 2. The zero-order valence-corrected chi connectivity index (χ0v) is 20.5. The number of hydrogen-bond donors (Lipinski definition) is 2. The second kappa shape index (κ2) is 10.3. The van der Waals surface area contributed by atoms with Gasteiger partial charge < -0.3 is 20.7 Å². The summed E-state index contributed by atoms with van der Waals surface area (Å²) in [5.74, 6) is 1.37. The molecule has 2 aromatic carbocycles. The summed E-state index contributed by atoms with van der Waals surface area (Å²) in [7, 11) is 1.51. The number of aromatic nitrogens is 2. The Labute approximate surface area is 207 Å². The van der Waals surface area contributed by atoms with Crippen molar-refractivity contribution in [1.29, 1.82) is 0 Å². The normalized spacial score (nSPS) is 15.8. The van der Waals surface area contributed by atoms with Gasteiger partial charge in [0.15, 0.2) is 0 Å². The van der Waals surface area contributed by atoms with E-state index in [1.807, 2.05) is 23.1 Å². The average Bonchev–Trinajstić information content (AvgIpc) is 2.83. The number of piperidine rings is 1. The van der Waals surface area contributed by atoms with Gasteiger partial charge in [0.25, 0.3) is 0 Å². The quantitative estimate of drug-likeness (QED) is 0.459. The number of alkyl halides is 3. The van der Waals surface area contributed by atoms with Crippen LogP contribution in [0, 0.1) is 6.92 Å². The fourth-order valence-electron chi connectivity index (χ4n) is 4.68. The standard InChI is InChI=1S/C26H30F3N5O2/c1-15(19-10-20(26(27,28)29)13-21(30)11-19)31-25-22-12-18(4-5-23(22)32-16(2)33-25)17-6-8-34(9-7-17)24(35)14-36-3/h4-5,10-13,15,17H,6-9,14,30H2,1-3H3,(H,31,32,33)/t15-/m1/s1. The van der Waals surface area contributed by atoms with E-state index in [4.69, 9.17) is 10.5 Å². The second-order valence-corrected chi connectivity index (χ2v) is 9.24. The van der Waals surface area contributed by atoms with Gasteiger partial charge in [-0.1, -0.05) is 6.07 Å². The summed E-state index contributed by atoms with van der Waals surface area (Å²) in [6, 6.07) is 9.13. The first kappa shape index (κ1) is 25.7. The lowest BCUT2D eigenvalue weighted by molar-refractivity contribution is -0.137. The van der Waals surface area contributed by atoms with Crippen molar-refractivity contribution in [3.63, 3.8) is 0 Å². The maximum absolute atomic E-state index is 13.3. The van der Waals surface area contributed by atoms with Gasteiger partial charge in [0.05, 0.1) is 17.1 Å². The van der Waals surface area contributed by atoms with Gasteiger partial charge in [0.2, 0.25) is 5.91 Å². The van der Waals surface area contributed by atoms with Crippen LogP contribution in [0.3, 0.4) is 0 Å². The summed E-state index contributed by atoms with van der Waals surface area (Å²) in [6.07, 6.45) is -2.83. The Morgan fingerprint density at radius 2 is 1.92 bits per heavy atom. The molecule has 3 N–H and O–H groups in total. The van der Waals surface area contributed by atoms with Crippen LogP contribution in [-0.4, -0.2) is 47.6 Å². The Morgan fingerprint density at radius 3 is 2.58 bits per heavy atom.